The SMILES string of the molecule is CCCCCCCCCCCCC(O)CN(CCC(=O)OCCN1CC(C)N(CCOC(=O)CCN(CC(O)CCCCCCCCCCCC)CC(O)CCCCCCCCCCCC)CC1C)CC(O)CCCCCCCCCCCC. The predicted octanol–water partition coefficient (Wildman–Crippen LogP) is 16.5. The molecule has 1 heterocycles. The third-order valence-electron chi connectivity index (χ3n) is 18.2. The first-order valence-electron chi connectivity index (χ1n) is 36.9. The Morgan fingerprint density at radius 2 is 0.560 bits per heavy atom. The van der Waals surface area contributed by atoms with Crippen LogP contribution in [0.25, 0.3) is 0 Å². The number of piperazine rings is 1. The summed E-state index contributed by atoms with van der Waals surface area (Å²) < 4.78 is 11.6. The number of nitrogens with zero attached hydrogens (tertiary/aromatic N) is 4. The van der Waals surface area contributed by atoms with Crippen molar-refractivity contribution in [3.8, 4) is 0 Å². The zero-order valence-electron chi connectivity index (χ0n) is 56.7. The van der Waals surface area contributed by atoms with Gasteiger partial charge in [0.1, 0.15) is 13.2 Å². The maximum atomic E-state index is 13.2. The fourth-order valence-corrected chi connectivity index (χ4v) is 12.6. The van der Waals surface area contributed by atoms with Gasteiger partial charge in [-0.05, 0) is 39.5 Å². The molecule has 6 unspecified atom stereocenters. The predicted molar refractivity (Wildman–Crippen MR) is 356 cm³/mol. The lowest BCUT2D eigenvalue weighted by Crippen LogP contribution is -2.57. The normalized spacial score (nSPS) is 16.7. The molecule has 6 atom stereocenters. The molecular formula is C72H144N4O8. The van der Waals surface area contributed by atoms with Crippen LogP contribution >= 0.6 is 0 Å². The number of hydrogen-bond donors (Lipinski definition) is 4. The standard InChI is InChI=1S/C72H144N4O8/c1-7-11-15-19-23-27-31-35-39-43-47-67(77)61-73(62-68(78)48-44-40-36-32-28-24-20-16-12-8-2)53-51-71(81)83-57-55-75-59-66(6)76(60-65(75)5)56-58-84-72(82)52-54-74(63-69(79)49-45-41-37-33-29-25-21-17-13-9-3)64-70(80)50-46-42-38-34-30-26-22-18-14-10-4/h65-70,77-80H,7-64H2,1-6H3. The van der Waals surface area contributed by atoms with Crippen LogP contribution in [0, 0.1) is 0 Å². The lowest BCUT2D eigenvalue weighted by Gasteiger charge is -2.44. The maximum absolute atomic E-state index is 13.2. The number of aliphatic hydroxyl groups excluding tert-OH is 4. The highest BCUT2D eigenvalue weighted by molar-refractivity contribution is 5.69. The molecule has 4 N–H and O–H groups in total. The number of aliphatic hydroxyl groups is 4. The average Bonchev–Trinajstić information content (AvgIpc) is 3.58. The summed E-state index contributed by atoms with van der Waals surface area (Å²) in [6.45, 7) is 19.8. The molecule has 500 valence electrons. The highest BCUT2D eigenvalue weighted by atomic mass is 16.5. The van der Waals surface area contributed by atoms with E-state index in [-0.39, 0.29) is 36.9 Å². The van der Waals surface area contributed by atoms with Gasteiger partial charge in [0.15, 0.2) is 0 Å². The summed E-state index contributed by atoms with van der Waals surface area (Å²) >= 11 is 0. The monoisotopic (exact) mass is 1190 g/mol. The van der Waals surface area contributed by atoms with E-state index >= 15 is 0 Å². The number of carbonyl (C=O) groups is 2. The van der Waals surface area contributed by atoms with Gasteiger partial charge in [-0.1, -0.05) is 285 Å². The molecule has 0 saturated carbocycles. The van der Waals surface area contributed by atoms with Crippen molar-refractivity contribution in [1.82, 2.24) is 19.6 Å². The molecule has 84 heavy (non-hydrogen) atoms. The molecule has 1 saturated heterocycles. The molecule has 0 aromatic rings. The topological polar surface area (TPSA) is 146 Å². The van der Waals surface area contributed by atoms with E-state index in [9.17, 15) is 30.0 Å². The van der Waals surface area contributed by atoms with E-state index in [0.29, 0.717) is 65.6 Å². The van der Waals surface area contributed by atoms with E-state index < -0.39 is 24.4 Å². The highest BCUT2D eigenvalue weighted by Gasteiger charge is 2.29. The van der Waals surface area contributed by atoms with Crippen molar-refractivity contribution in [2.24, 2.45) is 0 Å². The minimum Gasteiger partial charge on any atom is -0.464 e. The van der Waals surface area contributed by atoms with Crippen LogP contribution in [-0.2, 0) is 19.1 Å². The highest BCUT2D eigenvalue weighted by Crippen LogP contribution is 2.20. The summed E-state index contributed by atoms with van der Waals surface area (Å²) in [5, 5.41) is 44.5. The Kier molecular flexibility index (Phi) is 56.9. The molecule has 12 nitrogen and oxygen atoms in total. The van der Waals surface area contributed by atoms with E-state index in [4.69, 9.17) is 9.47 Å². The molecule has 0 aromatic carbocycles. The largest absolute Gasteiger partial charge is 0.464 e. The summed E-state index contributed by atoms with van der Waals surface area (Å²) in [6.07, 6.45) is 52.0. The Hall–Kier alpha value is -1.38. The first kappa shape index (κ1) is 80.6. The number of rotatable bonds is 64. The van der Waals surface area contributed by atoms with Gasteiger partial charge >= 0.3 is 11.9 Å². The van der Waals surface area contributed by atoms with Crippen molar-refractivity contribution in [3.63, 3.8) is 0 Å². The van der Waals surface area contributed by atoms with Crippen LogP contribution in [0.4, 0.5) is 0 Å². The molecule has 0 aliphatic carbocycles. The van der Waals surface area contributed by atoms with Crippen molar-refractivity contribution in [2.75, 3.05) is 78.7 Å². The Balaban J connectivity index is 2.59. The Bertz CT molecular complexity index is 1250. The van der Waals surface area contributed by atoms with Crippen LogP contribution in [0.15, 0.2) is 0 Å². The van der Waals surface area contributed by atoms with Crippen LogP contribution in [0.5, 0.6) is 0 Å². The third kappa shape index (κ3) is 50.5. The van der Waals surface area contributed by atoms with Crippen molar-refractivity contribution < 1.29 is 39.5 Å². The van der Waals surface area contributed by atoms with E-state index in [1.807, 2.05) is 0 Å². The van der Waals surface area contributed by atoms with Crippen molar-refractivity contribution in [1.29, 1.82) is 0 Å². The van der Waals surface area contributed by atoms with E-state index in [2.05, 4.69) is 61.1 Å². The minimum atomic E-state index is -0.478. The van der Waals surface area contributed by atoms with Crippen LogP contribution in [0.3, 0.4) is 0 Å². The number of hydrogen-bond acceptors (Lipinski definition) is 12. The fraction of sp³-hybridized carbons (Fsp3) is 0.972. The summed E-state index contributed by atoms with van der Waals surface area (Å²) in [6, 6.07) is 0.486. The smallest absolute Gasteiger partial charge is 0.307 e. The number of ether oxygens (including phenoxy) is 2. The van der Waals surface area contributed by atoms with Gasteiger partial charge in [-0.15, -0.1) is 0 Å². The number of esters is 2. The summed E-state index contributed by atoms with van der Waals surface area (Å²) in [5.41, 5.74) is 0. The molecule has 0 aromatic heterocycles. The maximum Gasteiger partial charge on any atom is 0.307 e. The van der Waals surface area contributed by atoms with Crippen molar-refractivity contribution in [2.45, 2.75) is 373 Å². The van der Waals surface area contributed by atoms with Crippen molar-refractivity contribution in [3.05, 3.63) is 0 Å². The minimum absolute atomic E-state index is 0.231. The first-order valence-corrected chi connectivity index (χ1v) is 36.9. The Labute approximate surface area is 520 Å². The average molecular weight is 1190 g/mol. The second-order valence-electron chi connectivity index (χ2n) is 26.6. The van der Waals surface area contributed by atoms with Crippen LogP contribution < -0.4 is 0 Å². The van der Waals surface area contributed by atoms with Crippen LogP contribution in [0.2, 0.25) is 0 Å². The molecule has 0 spiro atoms. The summed E-state index contributed by atoms with van der Waals surface area (Å²) in [7, 11) is 0. The molecule has 1 rings (SSSR count). The van der Waals surface area contributed by atoms with Gasteiger partial charge in [-0.2, -0.15) is 0 Å². The van der Waals surface area contributed by atoms with Gasteiger partial charge in [-0.3, -0.25) is 29.2 Å². The summed E-state index contributed by atoms with van der Waals surface area (Å²) in [5.74, 6) is -0.475. The Morgan fingerprint density at radius 1 is 0.357 bits per heavy atom. The quantitative estimate of drug-likeness (QED) is 0.0340. The van der Waals surface area contributed by atoms with Gasteiger partial charge in [0.2, 0.25) is 0 Å². The molecule has 0 bridgehead atoms. The molecule has 0 radical (unpaired) electrons. The number of carbonyl (C=O) groups excluding carboxylic acids is 2. The lowest BCUT2D eigenvalue weighted by molar-refractivity contribution is -0.146. The van der Waals surface area contributed by atoms with Crippen LogP contribution in [0.1, 0.15) is 337 Å². The zero-order chi connectivity index (χ0) is 61.4. The van der Waals surface area contributed by atoms with Gasteiger partial charge in [0.05, 0.1) is 37.3 Å². The lowest BCUT2D eigenvalue weighted by atomic mass is 10.0. The molecular weight excluding hydrogens is 1050 g/mol. The Morgan fingerprint density at radius 3 is 0.774 bits per heavy atom. The molecule has 1 aliphatic heterocycles. The molecule has 12 heteroatoms. The third-order valence-corrected chi connectivity index (χ3v) is 18.2. The molecule has 1 fully saturated rings. The zero-order valence-corrected chi connectivity index (χ0v) is 56.7. The molecule has 0 amide bonds. The first-order chi connectivity index (χ1) is 40.9. The van der Waals surface area contributed by atoms with E-state index in [1.54, 1.807) is 0 Å². The second kappa shape index (κ2) is 59.3. The van der Waals surface area contributed by atoms with Gasteiger partial charge in [-0.25, -0.2) is 0 Å². The van der Waals surface area contributed by atoms with Crippen LogP contribution in [-0.4, -0.2) is 167 Å². The number of unbranched alkanes of at least 4 members (excludes halogenated alkanes) is 36. The van der Waals surface area contributed by atoms with Gasteiger partial charge in [0, 0.05) is 77.5 Å². The molecule has 1 aliphatic rings. The fourth-order valence-electron chi connectivity index (χ4n) is 12.6. The van der Waals surface area contributed by atoms with Gasteiger partial charge in [0.25, 0.3) is 0 Å². The van der Waals surface area contributed by atoms with Gasteiger partial charge < -0.3 is 29.9 Å². The van der Waals surface area contributed by atoms with E-state index in [1.165, 1.54) is 205 Å². The summed E-state index contributed by atoms with van der Waals surface area (Å²) in [4.78, 5) is 35.3. The second-order valence-corrected chi connectivity index (χ2v) is 26.6. The van der Waals surface area contributed by atoms with E-state index in [0.717, 1.165) is 90.1 Å². The van der Waals surface area contributed by atoms with Crippen molar-refractivity contribution >= 4 is 11.9 Å².